The molecule has 0 radical (unpaired) electrons. The van der Waals surface area contributed by atoms with Crippen molar-refractivity contribution in [1.29, 1.82) is 0 Å². The summed E-state index contributed by atoms with van der Waals surface area (Å²) < 4.78 is 0. The average molecular weight is 149 g/mol. The molecule has 4 heteroatoms. The Morgan fingerprint density at radius 3 is 2.89 bits per heavy atom. The van der Waals surface area contributed by atoms with Crippen LogP contribution in [0.1, 0.15) is 6.92 Å². The SMILES string of the molecule is CC(=O)NCSCCO. The highest BCUT2D eigenvalue weighted by molar-refractivity contribution is 7.99. The Balaban J connectivity index is 2.83. The summed E-state index contributed by atoms with van der Waals surface area (Å²) in [6, 6.07) is 0. The zero-order valence-corrected chi connectivity index (χ0v) is 6.20. The molecule has 0 aliphatic rings. The molecule has 2 N–H and O–H groups in total. The lowest BCUT2D eigenvalue weighted by Gasteiger charge is -1.98. The van der Waals surface area contributed by atoms with Crippen molar-refractivity contribution in [2.24, 2.45) is 0 Å². The highest BCUT2D eigenvalue weighted by Crippen LogP contribution is 1.93. The van der Waals surface area contributed by atoms with Crippen LogP contribution < -0.4 is 5.32 Å². The molecule has 0 rings (SSSR count). The number of hydrogen-bond donors (Lipinski definition) is 2. The van der Waals surface area contributed by atoms with E-state index in [4.69, 9.17) is 5.11 Å². The molecule has 0 spiro atoms. The predicted octanol–water partition coefficient (Wildman–Crippen LogP) is -0.195. The molecule has 0 unspecified atom stereocenters. The van der Waals surface area contributed by atoms with Crippen LogP contribution in [-0.2, 0) is 4.79 Å². The van der Waals surface area contributed by atoms with Crippen LogP contribution in [0.2, 0.25) is 0 Å². The molecule has 0 atom stereocenters. The Morgan fingerprint density at radius 1 is 1.78 bits per heavy atom. The number of aliphatic hydroxyl groups excluding tert-OH is 1. The molecular formula is C5H11NO2S. The van der Waals surface area contributed by atoms with E-state index in [1.54, 1.807) is 0 Å². The van der Waals surface area contributed by atoms with Crippen LogP contribution in [0.3, 0.4) is 0 Å². The van der Waals surface area contributed by atoms with Gasteiger partial charge in [-0.25, -0.2) is 0 Å². The third-order valence-corrected chi connectivity index (χ3v) is 1.48. The number of rotatable bonds is 4. The van der Waals surface area contributed by atoms with Crippen LogP contribution in [0.4, 0.5) is 0 Å². The maximum absolute atomic E-state index is 10.2. The van der Waals surface area contributed by atoms with Gasteiger partial charge in [-0.05, 0) is 0 Å². The highest BCUT2D eigenvalue weighted by atomic mass is 32.2. The maximum Gasteiger partial charge on any atom is 0.217 e. The Kier molecular flexibility index (Phi) is 5.76. The summed E-state index contributed by atoms with van der Waals surface area (Å²) in [5.74, 6) is 1.25. The lowest BCUT2D eigenvalue weighted by atomic mass is 10.7. The molecule has 3 nitrogen and oxygen atoms in total. The van der Waals surface area contributed by atoms with Gasteiger partial charge in [-0.15, -0.1) is 11.8 Å². The molecule has 0 saturated carbocycles. The second kappa shape index (κ2) is 5.91. The van der Waals surface area contributed by atoms with Gasteiger partial charge in [0.25, 0.3) is 0 Å². The fourth-order valence-electron chi connectivity index (χ4n) is 0.289. The summed E-state index contributed by atoms with van der Waals surface area (Å²) in [6.07, 6.45) is 0. The standard InChI is InChI=1S/C5H11NO2S/c1-5(8)6-4-9-3-2-7/h7H,2-4H2,1H3,(H,6,8). The maximum atomic E-state index is 10.2. The van der Waals surface area contributed by atoms with Crippen molar-refractivity contribution in [3.05, 3.63) is 0 Å². The minimum Gasteiger partial charge on any atom is -0.396 e. The number of nitrogens with one attached hydrogen (secondary N) is 1. The molecule has 0 bridgehead atoms. The highest BCUT2D eigenvalue weighted by Gasteiger charge is 1.88. The van der Waals surface area contributed by atoms with E-state index < -0.39 is 0 Å². The number of aliphatic hydroxyl groups is 1. The first-order valence-electron chi connectivity index (χ1n) is 2.70. The van der Waals surface area contributed by atoms with Crippen molar-refractivity contribution in [3.8, 4) is 0 Å². The lowest BCUT2D eigenvalue weighted by molar-refractivity contribution is -0.118. The zero-order valence-electron chi connectivity index (χ0n) is 5.39. The first-order chi connectivity index (χ1) is 4.27. The summed E-state index contributed by atoms with van der Waals surface area (Å²) >= 11 is 1.50. The third kappa shape index (κ3) is 7.78. The van der Waals surface area contributed by atoms with E-state index in [0.717, 1.165) is 0 Å². The second-order valence-electron chi connectivity index (χ2n) is 1.51. The molecule has 0 aromatic carbocycles. The first-order valence-corrected chi connectivity index (χ1v) is 3.86. The summed E-state index contributed by atoms with van der Waals surface area (Å²) in [6.45, 7) is 1.64. The average Bonchev–Trinajstić information content (AvgIpc) is 1.80. The number of carbonyl (C=O) groups excluding carboxylic acids is 1. The van der Waals surface area contributed by atoms with E-state index in [0.29, 0.717) is 11.6 Å². The van der Waals surface area contributed by atoms with Gasteiger partial charge in [-0.1, -0.05) is 0 Å². The van der Waals surface area contributed by atoms with E-state index in [2.05, 4.69) is 5.32 Å². The molecular weight excluding hydrogens is 138 g/mol. The van der Waals surface area contributed by atoms with Crippen molar-refractivity contribution in [2.45, 2.75) is 6.92 Å². The predicted molar refractivity (Wildman–Crippen MR) is 38.2 cm³/mol. The van der Waals surface area contributed by atoms with Crippen LogP contribution in [0.5, 0.6) is 0 Å². The zero-order chi connectivity index (χ0) is 7.11. The second-order valence-corrected chi connectivity index (χ2v) is 2.61. The van der Waals surface area contributed by atoms with Crippen LogP contribution in [-0.4, -0.2) is 29.3 Å². The lowest BCUT2D eigenvalue weighted by Crippen LogP contribution is -2.19. The monoisotopic (exact) mass is 149 g/mol. The largest absolute Gasteiger partial charge is 0.396 e. The molecule has 9 heavy (non-hydrogen) atoms. The van der Waals surface area contributed by atoms with Gasteiger partial charge in [0.15, 0.2) is 0 Å². The minimum atomic E-state index is -0.0274. The van der Waals surface area contributed by atoms with Gasteiger partial charge >= 0.3 is 0 Å². The Hall–Kier alpha value is -0.220. The van der Waals surface area contributed by atoms with Gasteiger partial charge in [0.2, 0.25) is 5.91 Å². The normalized spacial score (nSPS) is 9.11. The summed E-state index contributed by atoms with van der Waals surface area (Å²) in [5, 5.41) is 10.9. The smallest absolute Gasteiger partial charge is 0.217 e. The van der Waals surface area contributed by atoms with Crippen molar-refractivity contribution < 1.29 is 9.90 Å². The fraction of sp³-hybridized carbons (Fsp3) is 0.800. The van der Waals surface area contributed by atoms with Crippen LogP contribution >= 0.6 is 11.8 Å². The number of thioether (sulfide) groups is 1. The van der Waals surface area contributed by atoms with Crippen LogP contribution in [0, 0.1) is 0 Å². The first kappa shape index (κ1) is 8.78. The van der Waals surface area contributed by atoms with Gasteiger partial charge < -0.3 is 10.4 Å². The van der Waals surface area contributed by atoms with Gasteiger partial charge in [0.05, 0.1) is 12.5 Å². The van der Waals surface area contributed by atoms with Crippen molar-refractivity contribution in [2.75, 3.05) is 18.2 Å². The summed E-state index contributed by atoms with van der Waals surface area (Å²) in [5.41, 5.74) is 0. The molecule has 0 saturated heterocycles. The quantitative estimate of drug-likeness (QED) is 0.430. The van der Waals surface area contributed by atoms with E-state index in [9.17, 15) is 4.79 Å². The van der Waals surface area contributed by atoms with Crippen molar-refractivity contribution in [1.82, 2.24) is 5.32 Å². The van der Waals surface area contributed by atoms with E-state index in [1.807, 2.05) is 0 Å². The van der Waals surface area contributed by atoms with Crippen molar-refractivity contribution >= 4 is 17.7 Å². The minimum absolute atomic E-state index is 0.0274. The summed E-state index contributed by atoms with van der Waals surface area (Å²) in [4.78, 5) is 10.2. The van der Waals surface area contributed by atoms with Gasteiger partial charge in [-0.3, -0.25) is 4.79 Å². The fourth-order valence-corrected chi connectivity index (χ4v) is 0.868. The van der Waals surface area contributed by atoms with Gasteiger partial charge in [0.1, 0.15) is 0 Å². The van der Waals surface area contributed by atoms with E-state index in [1.165, 1.54) is 18.7 Å². The molecule has 0 fully saturated rings. The molecule has 0 aliphatic heterocycles. The number of amides is 1. The Morgan fingerprint density at radius 2 is 2.44 bits per heavy atom. The van der Waals surface area contributed by atoms with E-state index in [-0.39, 0.29) is 12.5 Å². The van der Waals surface area contributed by atoms with Gasteiger partial charge in [-0.2, -0.15) is 0 Å². The molecule has 0 aromatic heterocycles. The molecule has 0 aliphatic carbocycles. The van der Waals surface area contributed by atoms with Crippen LogP contribution in [0.15, 0.2) is 0 Å². The summed E-state index contributed by atoms with van der Waals surface area (Å²) in [7, 11) is 0. The molecule has 0 heterocycles. The topological polar surface area (TPSA) is 49.3 Å². The molecule has 54 valence electrons. The molecule has 0 aromatic rings. The van der Waals surface area contributed by atoms with E-state index >= 15 is 0 Å². The number of carbonyl (C=O) groups is 1. The van der Waals surface area contributed by atoms with Crippen molar-refractivity contribution in [3.63, 3.8) is 0 Å². The Labute approximate surface area is 58.8 Å². The molecule has 1 amide bonds. The van der Waals surface area contributed by atoms with Crippen LogP contribution in [0.25, 0.3) is 0 Å². The Bertz CT molecular complexity index is 87.0. The number of hydrogen-bond acceptors (Lipinski definition) is 3. The third-order valence-electron chi connectivity index (χ3n) is 0.659. The van der Waals surface area contributed by atoms with Gasteiger partial charge in [0, 0.05) is 12.7 Å².